The van der Waals surface area contributed by atoms with Crippen molar-refractivity contribution in [3.63, 3.8) is 0 Å². The van der Waals surface area contributed by atoms with E-state index in [4.69, 9.17) is 27.9 Å². The topological polar surface area (TPSA) is 9.23 Å². The maximum atomic E-state index is 13.7. The lowest BCUT2D eigenvalue weighted by atomic mass is 10.1. The number of aryl methyl sites for hydroxylation is 1. The first-order valence-electron chi connectivity index (χ1n) is 6.33. The van der Waals surface area contributed by atoms with Crippen LogP contribution in [0.4, 0.5) is 4.39 Å². The molecule has 0 aromatic heterocycles. The van der Waals surface area contributed by atoms with Gasteiger partial charge in [0.15, 0.2) is 0 Å². The van der Waals surface area contributed by atoms with Gasteiger partial charge in [-0.2, -0.15) is 0 Å². The average molecular weight is 323 g/mol. The van der Waals surface area contributed by atoms with Gasteiger partial charge in [-0.05, 0) is 36.8 Å². The highest BCUT2D eigenvalue weighted by Gasteiger charge is 2.07. The Morgan fingerprint density at radius 2 is 2.05 bits per heavy atom. The Morgan fingerprint density at radius 1 is 1.24 bits per heavy atom. The molecule has 0 radical (unpaired) electrons. The number of ether oxygens (including phenoxy) is 1. The second-order valence-electron chi connectivity index (χ2n) is 4.41. The van der Waals surface area contributed by atoms with E-state index in [1.165, 1.54) is 6.07 Å². The van der Waals surface area contributed by atoms with Crippen LogP contribution in [0.5, 0.6) is 5.75 Å². The molecule has 4 heteroatoms. The molecule has 0 saturated heterocycles. The molecule has 0 fully saturated rings. The van der Waals surface area contributed by atoms with Crippen LogP contribution >= 0.6 is 23.2 Å². The first-order chi connectivity index (χ1) is 10.1. The van der Waals surface area contributed by atoms with Gasteiger partial charge in [-0.15, -0.1) is 11.6 Å². The molecule has 0 saturated carbocycles. The predicted octanol–water partition coefficient (Wildman–Crippen LogP) is 4.96. The van der Waals surface area contributed by atoms with E-state index >= 15 is 0 Å². The number of benzene rings is 2. The number of hydrogen-bond acceptors (Lipinski definition) is 1. The summed E-state index contributed by atoms with van der Waals surface area (Å²) < 4.78 is 19.3. The zero-order chi connectivity index (χ0) is 15.2. The molecular formula is C17H13Cl2FO. The summed E-state index contributed by atoms with van der Waals surface area (Å²) in [5, 5.41) is 0.0963. The van der Waals surface area contributed by atoms with Crippen molar-refractivity contribution < 1.29 is 9.13 Å². The largest absolute Gasteiger partial charge is 0.489 e. The van der Waals surface area contributed by atoms with Gasteiger partial charge in [-0.25, -0.2) is 4.39 Å². The van der Waals surface area contributed by atoms with Crippen LogP contribution in [0, 0.1) is 24.6 Å². The van der Waals surface area contributed by atoms with Crippen LogP contribution in [0.1, 0.15) is 16.7 Å². The Labute approximate surface area is 133 Å². The van der Waals surface area contributed by atoms with Gasteiger partial charge in [0.25, 0.3) is 0 Å². The molecular weight excluding hydrogens is 310 g/mol. The fraction of sp³-hybridized carbons (Fsp3) is 0.176. The van der Waals surface area contributed by atoms with E-state index in [0.29, 0.717) is 17.2 Å². The summed E-state index contributed by atoms with van der Waals surface area (Å²) in [4.78, 5) is 0. The zero-order valence-corrected chi connectivity index (χ0v) is 12.9. The maximum absolute atomic E-state index is 13.7. The summed E-state index contributed by atoms with van der Waals surface area (Å²) in [7, 11) is 0. The van der Waals surface area contributed by atoms with Crippen molar-refractivity contribution in [2.75, 3.05) is 5.88 Å². The molecule has 0 bridgehead atoms. The Balaban J connectivity index is 2.10. The summed E-state index contributed by atoms with van der Waals surface area (Å²) in [6.45, 7) is 2.06. The first kappa shape index (κ1) is 15.7. The number of hydrogen-bond donors (Lipinski definition) is 0. The SMILES string of the molecule is Cc1cc(OCc2cccc(Cl)c2F)ccc1C#CCCl. The van der Waals surface area contributed by atoms with Crippen molar-refractivity contribution in [2.24, 2.45) is 0 Å². The lowest BCUT2D eigenvalue weighted by molar-refractivity contribution is 0.299. The molecule has 2 aromatic rings. The molecule has 2 aromatic carbocycles. The monoisotopic (exact) mass is 322 g/mol. The summed E-state index contributed by atoms with van der Waals surface area (Å²) in [6.07, 6.45) is 0. The maximum Gasteiger partial charge on any atom is 0.148 e. The van der Waals surface area contributed by atoms with Gasteiger partial charge in [0.2, 0.25) is 0 Å². The molecule has 0 spiro atoms. The van der Waals surface area contributed by atoms with Gasteiger partial charge in [-0.1, -0.05) is 35.6 Å². The van der Waals surface area contributed by atoms with Crippen LogP contribution in [0.3, 0.4) is 0 Å². The highest BCUT2D eigenvalue weighted by molar-refractivity contribution is 6.30. The lowest BCUT2D eigenvalue weighted by Gasteiger charge is -2.09. The summed E-state index contributed by atoms with van der Waals surface area (Å²) in [6, 6.07) is 10.4. The van der Waals surface area contributed by atoms with Crippen molar-refractivity contribution in [1.82, 2.24) is 0 Å². The number of alkyl halides is 1. The van der Waals surface area contributed by atoms with Gasteiger partial charge in [-0.3, -0.25) is 0 Å². The minimum atomic E-state index is -0.444. The van der Waals surface area contributed by atoms with Crippen LogP contribution in [0.2, 0.25) is 5.02 Å². The molecule has 2 rings (SSSR count). The Bertz CT molecular complexity index is 702. The van der Waals surface area contributed by atoms with Crippen molar-refractivity contribution in [3.05, 3.63) is 63.9 Å². The molecule has 0 heterocycles. The van der Waals surface area contributed by atoms with Crippen molar-refractivity contribution >= 4 is 23.2 Å². The van der Waals surface area contributed by atoms with Crippen LogP contribution < -0.4 is 4.74 Å². The van der Waals surface area contributed by atoms with Gasteiger partial charge in [0.05, 0.1) is 10.9 Å². The number of halogens is 3. The molecule has 0 amide bonds. The fourth-order valence-electron chi connectivity index (χ4n) is 1.82. The van der Waals surface area contributed by atoms with Gasteiger partial charge in [0, 0.05) is 11.1 Å². The Morgan fingerprint density at radius 3 is 2.76 bits per heavy atom. The normalized spacial score (nSPS) is 9.90. The molecule has 0 aliphatic carbocycles. The molecule has 0 atom stereocenters. The van der Waals surface area contributed by atoms with Crippen LogP contribution in [-0.2, 0) is 6.61 Å². The van der Waals surface area contributed by atoms with E-state index in [0.717, 1.165) is 11.1 Å². The highest BCUT2D eigenvalue weighted by Crippen LogP contribution is 2.21. The third-order valence-corrected chi connectivity index (χ3v) is 3.34. The highest BCUT2D eigenvalue weighted by atomic mass is 35.5. The van der Waals surface area contributed by atoms with Crippen LogP contribution in [0.15, 0.2) is 36.4 Å². The molecule has 0 aliphatic rings. The standard InChI is InChI=1S/C17H13Cl2FO/c1-12-10-15(8-7-13(12)5-3-9-18)21-11-14-4-2-6-16(19)17(14)20/h2,4,6-8,10H,9,11H2,1H3. The third kappa shape index (κ3) is 4.14. The van der Waals surface area contributed by atoms with Crippen LogP contribution in [-0.4, -0.2) is 5.88 Å². The summed E-state index contributed by atoms with van der Waals surface area (Å²) in [5.41, 5.74) is 2.31. The van der Waals surface area contributed by atoms with Crippen molar-refractivity contribution in [1.29, 1.82) is 0 Å². The molecule has 1 nitrogen and oxygen atoms in total. The molecule has 0 unspecified atom stereocenters. The van der Waals surface area contributed by atoms with Crippen molar-refractivity contribution in [3.8, 4) is 17.6 Å². The quantitative estimate of drug-likeness (QED) is 0.573. The smallest absolute Gasteiger partial charge is 0.148 e. The van der Waals surface area contributed by atoms with Gasteiger partial charge >= 0.3 is 0 Å². The second kappa shape index (κ2) is 7.36. The van der Waals surface area contributed by atoms with Crippen LogP contribution in [0.25, 0.3) is 0 Å². The third-order valence-electron chi connectivity index (χ3n) is 2.91. The molecule has 0 N–H and O–H groups in total. The average Bonchev–Trinajstić information content (AvgIpc) is 2.48. The molecule has 0 aliphatic heterocycles. The van der Waals surface area contributed by atoms with E-state index in [1.54, 1.807) is 18.2 Å². The fourth-order valence-corrected chi connectivity index (χ4v) is 2.08. The van der Waals surface area contributed by atoms with Gasteiger partial charge in [0.1, 0.15) is 18.2 Å². The second-order valence-corrected chi connectivity index (χ2v) is 5.09. The summed E-state index contributed by atoms with van der Waals surface area (Å²) in [5.74, 6) is 6.28. The van der Waals surface area contributed by atoms with E-state index in [2.05, 4.69) is 11.8 Å². The minimum absolute atomic E-state index is 0.0963. The first-order valence-corrected chi connectivity index (χ1v) is 7.24. The van der Waals surface area contributed by atoms with E-state index in [1.807, 2.05) is 19.1 Å². The Hall–Kier alpha value is -1.69. The van der Waals surface area contributed by atoms with Gasteiger partial charge < -0.3 is 4.74 Å². The minimum Gasteiger partial charge on any atom is -0.489 e. The summed E-state index contributed by atoms with van der Waals surface area (Å²) >= 11 is 11.3. The lowest BCUT2D eigenvalue weighted by Crippen LogP contribution is -1.99. The number of rotatable bonds is 3. The molecule has 108 valence electrons. The molecule has 21 heavy (non-hydrogen) atoms. The van der Waals surface area contributed by atoms with E-state index < -0.39 is 5.82 Å². The predicted molar refractivity (Wildman–Crippen MR) is 84.5 cm³/mol. The van der Waals surface area contributed by atoms with E-state index in [9.17, 15) is 4.39 Å². The van der Waals surface area contributed by atoms with Crippen molar-refractivity contribution in [2.45, 2.75) is 13.5 Å². The zero-order valence-electron chi connectivity index (χ0n) is 11.4. The van der Waals surface area contributed by atoms with E-state index in [-0.39, 0.29) is 11.6 Å². The Kier molecular flexibility index (Phi) is 5.50.